The summed E-state index contributed by atoms with van der Waals surface area (Å²) in [4.78, 5) is 0. The van der Waals surface area contributed by atoms with Crippen molar-refractivity contribution in [2.45, 2.75) is 8.42 Å². The van der Waals surface area contributed by atoms with Crippen molar-refractivity contribution in [2.24, 2.45) is 0 Å². The summed E-state index contributed by atoms with van der Waals surface area (Å²) in [6, 6.07) is 1.78. The molecule has 0 saturated carbocycles. The monoisotopic (exact) mass is 284 g/mol. The van der Waals surface area contributed by atoms with Crippen LogP contribution in [0.1, 0.15) is 0 Å². The summed E-state index contributed by atoms with van der Waals surface area (Å²) in [6.45, 7) is 0. The molecule has 76 valence electrons. The van der Waals surface area contributed by atoms with Gasteiger partial charge in [0.2, 0.25) is 0 Å². The minimum atomic E-state index is -4.40. The van der Waals surface area contributed by atoms with E-state index >= 15 is 0 Å². The summed E-state index contributed by atoms with van der Waals surface area (Å²) in [5.74, 6) is 0. The Kier molecular flexibility index (Phi) is 5.01. The van der Waals surface area contributed by atoms with Crippen molar-refractivity contribution in [2.75, 3.05) is 0 Å². The van der Waals surface area contributed by atoms with Crippen molar-refractivity contribution in [1.82, 2.24) is 0 Å². The van der Waals surface area contributed by atoms with Crippen LogP contribution in [0.2, 0.25) is 0 Å². The van der Waals surface area contributed by atoms with E-state index in [0.29, 0.717) is 0 Å². The van der Waals surface area contributed by atoms with Crippen LogP contribution in [-0.2, 0) is 20.2 Å². The molecule has 0 spiro atoms. The average Bonchev–Trinajstić information content (AvgIpc) is 2.28. The molecule has 2 radical (unpaired) electrons. The third-order valence-electron chi connectivity index (χ3n) is 1.07. The summed E-state index contributed by atoms with van der Waals surface area (Å²) in [7, 11) is -8.80. The van der Waals surface area contributed by atoms with Gasteiger partial charge < -0.3 is 0 Å². The minimum absolute atomic E-state index is 0. The van der Waals surface area contributed by atoms with Crippen LogP contribution in [0.5, 0.6) is 0 Å². The normalized spacial score (nSPS) is 12.1. The summed E-state index contributed by atoms with van der Waals surface area (Å²) >= 11 is 0.271. The Balaban J connectivity index is 0.00000169. The first-order chi connectivity index (χ1) is 5.71. The molecule has 1 rings (SSSR count). The predicted molar refractivity (Wildman–Crippen MR) is 49.7 cm³/mol. The molecule has 0 aliphatic heterocycles. The Labute approximate surface area is 114 Å². The third kappa shape index (κ3) is 3.74. The van der Waals surface area contributed by atoms with Gasteiger partial charge in [-0.1, -0.05) is 0 Å². The van der Waals surface area contributed by atoms with Gasteiger partial charge in [-0.2, -0.15) is 16.8 Å². The molecule has 0 aromatic carbocycles. The van der Waals surface area contributed by atoms with Gasteiger partial charge in [-0.25, -0.2) is 0 Å². The predicted octanol–water partition coefficient (Wildman–Crippen LogP) is -0.139. The van der Waals surface area contributed by atoms with Gasteiger partial charge in [0.15, 0.2) is 0 Å². The van der Waals surface area contributed by atoms with E-state index in [1.54, 1.807) is 0 Å². The van der Waals surface area contributed by atoms with Crippen molar-refractivity contribution < 1.29 is 25.9 Å². The molecule has 6 nitrogen and oxygen atoms in total. The molecule has 0 saturated heterocycles. The number of thiophene rings is 1. The maximum absolute atomic E-state index is 10.5. The summed E-state index contributed by atoms with van der Waals surface area (Å²) < 4.78 is 57.7. The second-order valence-electron chi connectivity index (χ2n) is 2.02. The van der Waals surface area contributed by atoms with Gasteiger partial charge >= 0.3 is 20.2 Å². The van der Waals surface area contributed by atoms with Crippen LogP contribution in [0.15, 0.2) is 20.6 Å². The van der Waals surface area contributed by atoms with E-state index in [1.165, 1.54) is 0 Å². The quantitative estimate of drug-likeness (QED) is 0.578. The zero-order valence-electron chi connectivity index (χ0n) is 6.61. The van der Waals surface area contributed by atoms with Crippen LogP contribution in [0.3, 0.4) is 0 Å². The minimum Gasteiger partial charge on any atom is -0.281 e. The fourth-order valence-corrected chi connectivity index (χ4v) is 3.07. The van der Waals surface area contributed by atoms with Crippen molar-refractivity contribution in [1.29, 1.82) is 0 Å². The molecule has 2 N–H and O–H groups in total. The standard InChI is InChI=1S/C4H4O6S3.Ca/c5-12(6,7)3-1-2-4(11-3)13(8,9)10;/h1-2H,(H,5,6,7)(H,8,9,10);. The first-order valence-electron chi connectivity index (χ1n) is 2.76. The first kappa shape index (κ1) is 14.8. The Morgan fingerprint density at radius 2 is 1.21 bits per heavy atom. The summed E-state index contributed by atoms with van der Waals surface area (Å²) in [5.41, 5.74) is 0. The zero-order valence-corrected chi connectivity index (χ0v) is 11.3. The fraction of sp³-hybridized carbons (Fsp3) is 0. The smallest absolute Gasteiger partial charge is 0.281 e. The van der Waals surface area contributed by atoms with Gasteiger partial charge in [0.1, 0.15) is 8.42 Å². The van der Waals surface area contributed by atoms with E-state index in [4.69, 9.17) is 9.11 Å². The molecule has 1 heterocycles. The van der Waals surface area contributed by atoms with Gasteiger partial charge in [0.05, 0.1) is 0 Å². The Morgan fingerprint density at radius 1 is 0.929 bits per heavy atom. The van der Waals surface area contributed by atoms with E-state index in [1.807, 2.05) is 0 Å². The van der Waals surface area contributed by atoms with E-state index in [-0.39, 0.29) is 49.1 Å². The van der Waals surface area contributed by atoms with Crippen molar-refractivity contribution in [3.63, 3.8) is 0 Å². The largest absolute Gasteiger partial charge is 0.304 e. The van der Waals surface area contributed by atoms with Crippen LogP contribution < -0.4 is 0 Å². The molecule has 1 aromatic rings. The van der Waals surface area contributed by atoms with Crippen molar-refractivity contribution in [3.8, 4) is 0 Å². The Morgan fingerprint density at radius 3 is 1.36 bits per heavy atom. The van der Waals surface area contributed by atoms with E-state index in [2.05, 4.69) is 0 Å². The zero-order chi connectivity index (χ0) is 10.3. The Bertz CT molecular complexity index is 465. The third-order valence-corrected chi connectivity index (χ3v) is 4.79. The molecule has 0 aliphatic carbocycles. The van der Waals surface area contributed by atoms with Crippen LogP contribution in [0, 0.1) is 0 Å². The summed E-state index contributed by atoms with van der Waals surface area (Å²) in [6.07, 6.45) is 0. The van der Waals surface area contributed by atoms with Crippen molar-refractivity contribution in [3.05, 3.63) is 12.1 Å². The van der Waals surface area contributed by atoms with Gasteiger partial charge in [0.25, 0.3) is 0 Å². The van der Waals surface area contributed by atoms with Gasteiger partial charge in [-0.15, -0.1) is 11.3 Å². The molecule has 0 bridgehead atoms. The molecule has 0 unspecified atom stereocenters. The molecule has 0 amide bonds. The van der Waals surface area contributed by atoms with Gasteiger partial charge in [-0.05, 0) is 12.1 Å². The van der Waals surface area contributed by atoms with Crippen LogP contribution in [-0.4, -0.2) is 63.7 Å². The van der Waals surface area contributed by atoms with Crippen LogP contribution in [0.25, 0.3) is 0 Å². The van der Waals surface area contributed by atoms with Gasteiger partial charge in [0, 0.05) is 37.7 Å². The Hall–Kier alpha value is 0.780. The molecular weight excluding hydrogens is 280 g/mol. The van der Waals surface area contributed by atoms with Crippen LogP contribution >= 0.6 is 11.3 Å². The second-order valence-corrected chi connectivity index (χ2v) is 6.40. The SMILES string of the molecule is O=S(=O)(O)c1ccc(S(=O)(=O)O)s1.[Ca]. The molecule has 1 aromatic heterocycles. The fourth-order valence-electron chi connectivity index (χ4n) is 0.581. The molecule has 0 fully saturated rings. The molecule has 14 heavy (non-hydrogen) atoms. The van der Waals surface area contributed by atoms with E-state index < -0.39 is 28.7 Å². The second kappa shape index (κ2) is 4.74. The van der Waals surface area contributed by atoms with Crippen molar-refractivity contribution >= 4 is 69.3 Å². The number of rotatable bonds is 2. The first-order valence-corrected chi connectivity index (χ1v) is 6.46. The van der Waals surface area contributed by atoms with E-state index in [0.717, 1.165) is 12.1 Å². The summed E-state index contributed by atoms with van der Waals surface area (Å²) in [5, 5.41) is 0. The number of hydrogen-bond donors (Lipinski definition) is 2. The maximum Gasteiger partial charge on any atom is 0.304 e. The topological polar surface area (TPSA) is 109 Å². The molecule has 0 aliphatic rings. The van der Waals surface area contributed by atoms with E-state index in [9.17, 15) is 16.8 Å². The maximum atomic E-state index is 10.5. The molecule has 0 atom stereocenters. The molecular formula is C4H4CaO6S3. The van der Waals surface area contributed by atoms with Gasteiger partial charge in [-0.3, -0.25) is 9.11 Å². The van der Waals surface area contributed by atoms with Crippen LogP contribution in [0.4, 0.5) is 0 Å². The average molecular weight is 284 g/mol. The molecule has 10 heteroatoms. The number of hydrogen-bond acceptors (Lipinski definition) is 5.